The largest absolute Gasteiger partial charge is 0.301 e. The average molecular weight is 87.1 g/mol. The minimum Gasteiger partial charge on any atom is -0.301 e. The SMILES string of the molecule is CC(C)NC[NH]. The summed E-state index contributed by atoms with van der Waals surface area (Å²) in [6, 6.07) is 0.461. The molecule has 0 amide bonds. The van der Waals surface area contributed by atoms with Gasteiger partial charge in [-0.1, -0.05) is 0 Å². The Morgan fingerprint density at radius 3 is 2.17 bits per heavy atom. The monoisotopic (exact) mass is 87.1 g/mol. The van der Waals surface area contributed by atoms with Crippen molar-refractivity contribution in [1.82, 2.24) is 11.1 Å². The van der Waals surface area contributed by atoms with Crippen molar-refractivity contribution in [2.45, 2.75) is 19.9 Å². The fourth-order valence-corrected chi connectivity index (χ4v) is 0.204. The van der Waals surface area contributed by atoms with Gasteiger partial charge in [0.2, 0.25) is 0 Å². The van der Waals surface area contributed by atoms with E-state index in [-0.39, 0.29) is 0 Å². The summed E-state index contributed by atoms with van der Waals surface area (Å²) >= 11 is 0. The average Bonchev–Trinajstić information content (AvgIpc) is 1.35. The molecule has 37 valence electrons. The lowest BCUT2D eigenvalue weighted by molar-refractivity contribution is 0.595. The summed E-state index contributed by atoms with van der Waals surface area (Å²) in [5.41, 5.74) is 6.62. The molecule has 6 heavy (non-hydrogen) atoms. The molecule has 0 aliphatic heterocycles. The second kappa shape index (κ2) is 3.12. The summed E-state index contributed by atoms with van der Waals surface area (Å²) in [5.74, 6) is 0. The maximum Gasteiger partial charge on any atom is 0.0592 e. The molecule has 0 heterocycles. The van der Waals surface area contributed by atoms with Gasteiger partial charge in [0.1, 0.15) is 0 Å². The first-order chi connectivity index (χ1) is 2.77. The molecule has 0 atom stereocenters. The molecule has 0 saturated heterocycles. The summed E-state index contributed by atoms with van der Waals surface area (Å²) in [5, 5.41) is 2.88. The first kappa shape index (κ1) is 5.92. The van der Waals surface area contributed by atoms with Crippen LogP contribution in [0, 0.1) is 0 Å². The van der Waals surface area contributed by atoms with Crippen LogP contribution in [0.4, 0.5) is 0 Å². The Morgan fingerprint density at radius 1 is 1.67 bits per heavy atom. The number of nitrogens with one attached hydrogen (secondary N) is 2. The van der Waals surface area contributed by atoms with Crippen LogP contribution in [0.15, 0.2) is 0 Å². The van der Waals surface area contributed by atoms with Crippen molar-refractivity contribution in [3.05, 3.63) is 0 Å². The van der Waals surface area contributed by atoms with Gasteiger partial charge in [-0.3, -0.25) is 0 Å². The molecule has 0 aromatic carbocycles. The van der Waals surface area contributed by atoms with Gasteiger partial charge in [-0.2, -0.15) is 0 Å². The number of hydrogen-bond acceptors (Lipinski definition) is 1. The van der Waals surface area contributed by atoms with E-state index in [1.54, 1.807) is 0 Å². The Bertz CT molecular complexity index is 26.7. The first-order valence-corrected chi connectivity index (χ1v) is 2.15. The third-order valence-corrected chi connectivity index (χ3v) is 0.510. The van der Waals surface area contributed by atoms with Crippen molar-refractivity contribution in [3.8, 4) is 0 Å². The molecular formula is C4H11N2. The van der Waals surface area contributed by atoms with Crippen LogP contribution in [-0.4, -0.2) is 12.7 Å². The Hall–Kier alpha value is -0.0800. The summed E-state index contributed by atoms with van der Waals surface area (Å²) < 4.78 is 0. The van der Waals surface area contributed by atoms with Gasteiger partial charge in [0.05, 0.1) is 6.67 Å². The van der Waals surface area contributed by atoms with Gasteiger partial charge in [-0.15, -0.1) is 0 Å². The molecule has 0 aromatic rings. The van der Waals surface area contributed by atoms with Crippen LogP contribution in [0.1, 0.15) is 13.8 Å². The predicted molar refractivity (Wildman–Crippen MR) is 26.2 cm³/mol. The molecule has 0 aromatic heterocycles. The van der Waals surface area contributed by atoms with Crippen molar-refractivity contribution in [1.29, 1.82) is 0 Å². The lowest BCUT2D eigenvalue weighted by Crippen LogP contribution is -2.23. The second-order valence-corrected chi connectivity index (χ2v) is 1.54. The smallest absolute Gasteiger partial charge is 0.0592 e. The molecular weight excluding hydrogens is 76.1 g/mol. The normalized spacial score (nSPS) is 10.0. The van der Waals surface area contributed by atoms with E-state index in [4.69, 9.17) is 5.73 Å². The Kier molecular flexibility index (Phi) is 3.08. The Morgan fingerprint density at radius 2 is 2.17 bits per heavy atom. The molecule has 0 unspecified atom stereocenters. The molecule has 2 heteroatoms. The highest BCUT2D eigenvalue weighted by atomic mass is 15.0. The Balaban J connectivity index is 2.63. The zero-order valence-corrected chi connectivity index (χ0v) is 4.28. The van der Waals surface area contributed by atoms with Gasteiger partial charge in [0.15, 0.2) is 0 Å². The van der Waals surface area contributed by atoms with Crippen LogP contribution < -0.4 is 11.1 Å². The highest BCUT2D eigenvalue weighted by Crippen LogP contribution is 1.69. The van der Waals surface area contributed by atoms with Crippen LogP contribution >= 0.6 is 0 Å². The highest BCUT2D eigenvalue weighted by molar-refractivity contribution is 4.44. The first-order valence-electron chi connectivity index (χ1n) is 2.15. The van der Waals surface area contributed by atoms with Crippen LogP contribution in [0.2, 0.25) is 0 Å². The van der Waals surface area contributed by atoms with Gasteiger partial charge in [0.25, 0.3) is 0 Å². The van der Waals surface area contributed by atoms with E-state index in [9.17, 15) is 0 Å². The highest BCUT2D eigenvalue weighted by Gasteiger charge is 1.82. The quantitative estimate of drug-likeness (QED) is 0.514. The lowest BCUT2D eigenvalue weighted by atomic mass is 10.4. The minimum atomic E-state index is 0.331. The third kappa shape index (κ3) is 3.92. The van der Waals surface area contributed by atoms with Crippen LogP contribution in [-0.2, 0) is 0 Å². The molecule has 2 N–H and O–H groups in total. The summed E-state index contributed by atoms with van der Waals surface area (Å²) in [6.07, 6.45) is 0. The van der Waals surface area contributed by atoms with Crippen LogP contribution in [0.25, 0.3) is 0 Å². The van der Waals surface area contributed by atoms with Crippen LogP contribution in [0.3, 0.4) is 0 Å². The standard InChI is InChI=1S/C4H11N2/c1-4(2)6-3-5/h4-6H,3H2,1-2H3. The van der Waals surface area contributed by atoms with E-state index in [1.807, 2.05) is 13.8 Å². The molecule has 0 bridgehead atoms. The van der Waals surface area contributed by atoms with Gasteiger partial charge in [-0.05, 0) is 13.8 Å². The molecule has 0 aliphatic rings. The topological polar surface area (TPSA) is 35.8 Å². The third-order valence-electron chi connectivity index (χ3n) is 0.510. The zero-order valence-electron chi connectivity index (χ0n) is 4.28. The summed E-state index contributed by atoms with van der Waals surface area (Å²) in [6.45, 7) is 4.38. The van der Waals surface area contributed by atoms with Crippen molar-refractivity contribution in [3.63, 3.8) is 0 Å². The van der Waals surface area contributed by atoms with E-state index < -0.39 is 0 Å². The van der Waals surface area contributed by atoms with E-state index >= 15 is 0 Å². The maximum absolute atomic E-state index is 6.62. The van der Waals surface area contributed by atoms with Crippen molar-refractivity contribution in [2.24, 2.45) is 0 Å². The van der Waals surface area contributed by atoms with Crippen molar-refractivity contribution in [2.75, 3.05) is 6.67 Å². The van der Waals surface area contributed by atoms with E-state index in [0.717, 1.165) is 0 Å². The van der Waals surface area contributed by atoms with E-state index in [2.05, 4.69) is 5.32 Å². The second-order valence-electron chi connectivity index (χ2n) is 1.54. The fourth-order valence-electron chi connectivity index (χ4n) is 0.204. The van der Waals surface area contributed by atoms with Gasteiger partial charge in [-0.25, -0.2) is 5.73 Å². The predicted octanol–water partition coefficient (Wildman–Crippen LogP) is 0.225. The Labute approximate surface area is 38.7 Å². The molecule has 2 nitrogen and oxygen atoms in total. The van der Waals surface area contributed by atoms with Crippen molar-refractivity contribution >= 4 is 0 Å². The molecule has 0 aliphatic carbocycles. The minimum absolute atomic E-state index is 0.331. The molecule has 0 fully saturated rings. The van der Waals surface area contributed by atoms with Gasteiger partial charge in [0, 0.05) is 6.04 Å². The summed E-state index contributed by atoms with van der Waals surface area (Å²) in [7, 11) is 0. The number of hydrogen-bond donors (Lipinski definition) is 1. The van der Waals surface area contributed by atoms with Crippen LogP contribution in [0.5, 0.6) is 0 Å². The lowest BCUT2D eigenvalue weighted by Gasteiger charge is -2.00. The molecule has 1 radical (unpaired) electrons. The molecule has 0 spiro atoms. The maximum atomic E-state index is 6.62. The molecule has 0 saturated carbocycles. The zero-order chi connectivity index (χ0) is 4.99. The molecule has 0 rings (SSSR count). The van der Waals surface area contributed by atoms with Gasteiger partial charge >= 0.3 is 0 Å². The summed E-state index contributed by atoms with van der Waals surface area (Å²) in [4.78, 5) is 0. The van der Waals surface area contributed by atoms with E-state index in [0.29, 0.717) is 12.7 Å². The number of rotatable bonds is 2. The van der Waals surface area contributed by atoms with Crippen molar-refractivity contribution < 1.29 is 0 Å². The van der Waals surface area contributed by atoms with E-state index in [1.165, 1.54) is 0 Å². The fraction of sp³-hybridized carbons (Fsp3) is 1.00. The van der Waals surface area contributed by atoms with Gasteiger partial charge < -0.3 is 5.32 Å².